The van der Waals surface area contributed by atoms with E-state index in [-0.39, 0.29) is 29.8 Å². The van der Waals surface area contributed by atoms with Crippen molar-refractivity contribution in [3.05, 3.63) is 54.0 Å². The van der Waals surface area contributed by atoms with E-state index in [0.717, 1.165) is 44.1 Å². The molecule has 0 bridgehead atoms. The van der Waals surface area contributed by atoms with Gasteiger partial charge in [-0.05, 0) is 49.6 Å². The van der Waals surface area contributed by atoms with E-state index < -0.39 is 0 Å². The quantitative estimate of drug-likeness (QED) is 0.356. The van der Waals surface area contributed by atoms with Crippen molar-refractivity contribution in [2.75, 3.05) is 26.7 Å². The van der Waals surface area contributed by atoms with Crippen LogP contribution in [0.1, 0.15) is 25.3 Å². The molecule has 2 heterocycles. The van der Waals surface area contributed by atoms with E-state index in [1.807, 2.05) is 13.0 Å². The highest BCUT2D eigenvalue weighted by molar-refractivity contribution is 14.0. The fourth-order valence-corrected chi connectivity index (χ4v) is 3.18. The highest BCUT2D eigenvalue weighted by atomic mass is 127. The fourth-order valence-electron chi connectivity index (χ4n) is 3.18. The van der Waals surface area contributed by atoms with Crippen molar-refractivity contribution in [2.45, 2.75) is 32.4 Å². The number of rotatable bonds is 6. The van der Waals surface area contributed by atoms with Gasteiger partial charge in [0.25, 0.3) is 0 Å². The Balaban J connectivity index is 0.00000300. The van der Waals surface area contributed by atoms with E-state index in [1.54, 1.807) is 31.4 Å². The molecule has 0 aliphatic carbocycles. The number of nitrogens with zero attached hydrogens (tertiary/aromatic N) is 3. The summed E-state index contributed by atoms with van der Waals surface area (Å²) in [4.78, 5) is 11.0. The van der Waals surface area contributed by atoms with Crippen LogP contribution >= 0.6 is 24.0 Å². The summed E-state index contributed by atoms with van der Waals surface area (Å²) in [6.45, 7) is 5.31. The summed E-state index contributed by atoms with van der Waals surface area (Å²) in [6.07, 6.45) is 4.16. The van der Waals surface area contributed by atoms with E-state index in [0.29, 0.717) is 24.3 Å². The molecule has 0 spiro atoms. The summed E-state index contributed by atoms with van der Waals surface area (Å²) >= 11 is 0. The molecule has 1 N–H and O–H groups in total. The molecule has 0 amide bonds. The Morgan fingerprint density at radius 3 is 2.52 bits per heavy atom. The first-order valence-corrected chi connectivity index (χ1v) is 9.63. The molecule has 0 unspecified atom stereocenters. The van der Waals surface area contributed by atoms with Crippen LogP contribution in [-0.2, 0) is 11.3 Å². The lowest BCUT2D eigenvalue weighted by Gasteiger charge is -2.34. The SMILES string of the molecule is CCOC1CCN(C(=NC)NCc2ccc(Oc3ccc(F)cc3)nc2)CC1.I. The normalized spacial score (nSPS) is 15.0. The van der Waals surface area contributed by atoms with Gasteiger partial charge in [0.1, 0.15) is 11.6 Å². The maximum atomic E-state index is 12.9. The summed E-state index contributed by atoms with van der Waals surface area (Å²) < 4.78 is 24.3. The van der Waals surface area contributed by atoms with Crippen LogP contribution in [0.5, 0.6) is 11.6 Å². The van der Waals surface area contributed by atoms with Gasteiger partial charge >= 0.3 is 0 Å². The standard InChI is InChI=1S/C21H27FN4O2.HI/c1-3-27-18-10-12-26(13-11-18)21(23-2)25-15-16-4-9-20(24-14-16)28-19-7-5-17(22)6-8-19;/h4-9,14,18H,3,10-13,15H2,1-2H3,(H,23,25);1H. The predicted molar refractivity (Wildman–Crippen MR) is 123 cm³/mol. The van der Waals surface area contributed by atoms with Crippen molar-refractivity contribution in [3.8, 4) is 11.6 Å². The number of aromatic nitrogens is 1. The summed E-state index contributed by atoms with van der Waals surface area (Å²) in [6, 6.07) is 9.62. The zero-order chi connectivity index (χ0) is 19.8. The van der Waals surface area contributed by atoms with Gasteiger partial charge < -0.3 is 19.7 Å². The predicted octanol–water partition coefficient (Wildman–Crippen LogP) is 4.21. The third kappa shape index (κ3) is 7.11. The first kappa shape index (κ1) is 23.3. The van der Waals surface area contributed by atoms with Crippen molar-refractivity contribution in [1.29, 1.82) is 0 Å². The Morgan fingerprint density at radius 1 is 1.21 bits per heavy atom. The van der Waals surface area contributed by atoms with Crippen molar-refractivity contribution >= 4 is 29.9 Å². The molecule has 1 aliphatic rings. The minimum absolute atomic E-state index is 0. The van der Waals surface area contributed by atoms with Crippen LogP contribution in [0.2, 0.25) is 0 Å². The minimum Gasteiger partial charge on any atom is -0.439 e. The lowest BCUT2D eigenvalue weighted by atomic mass is 10.1. The third-order valence-corrected chi connectivity index (χ3v) is 4.64. The van der Waals surface area contributed by atoms with Gasteiger partial charge in [-0.2, -0.15) is 0 Å². The van der Waals surface area contributed by atoms with Crippen molar-refractivity contribution < 1.29 is 13.9 Å². The zero-order valence-electron chi connectivity index (χ0n) is 16.8. The van der Waals surface area contributed by atoms with Crippen LogP contribution in [0.25, 0.3) is 0 Å². The zero-order valence-corrected chi connectivity index (χ0v) is 19.1. The fraction of sp³-hybridized carbons (Fsp3) is 0.429. The highest BCUT2D eigenvalue weighted by Gasteiger charge is 2.21. The number of benzene rings is 1. The lowest BCUT2D eigenvalue weighted by molar-refractivity contribution is 0.0263. The van der Waals surface area contributed by atoms with E-state index in [9.17, 15) is 4.39 Å². The number of halogens is 2. The van der Waals surface area contributed by atoms with Crippen LogP contribution in [0.3, 0.4) is 0 Å². The summed E-state index contributed by atoms with van der Waals surface area (Å²) in [5.74, 6) is 1.62. The van der Waals surface area contributed by atoms with Crippen molar-refractivity contribution in [3.63, 3.8) is 0 Å². The van der Waals surface area contributed by atoms with Gasteiger partial charge in [0.2, 0.25) is 5.88 Å². The first-order chi connectivity index (χ1) is 13.7. The van der Waals surface area contributed by atoms with E-state index in [4.69, 9.17) is 9.47 Å². The molecule has 6 nitrogen and oxygen atoms in total. The largest absolute Gasteiger partial charge is 0.439 e. The first-order valence-electron chi connectivity index (χ1n) is 9.63. The lowest BCUT2D eigenvalue weighted by Crippen LogP contribution is -2.46. The molecule has 1 aliphatic heterocycles. The number of piperidine rings is 1. The molecular formula is C21H28FIN4O2. The number of nitrogens with one attached hydrogen (secondary N) is 1. The molecule has 0 atom stereocenters. The monoisotopic (exact) mass is 514 g/mol. The summed E-state index contributed by atoms with van der Waals surface area (Å²) in [5.41, 5.74) is 1.02. The van der Waals surface area contributed by atoms with Gasteiger partial charge in [-0.15, -0.1) is 24.0 Å². The van der Waals surface area contributed by atoms with E-state index >= 15 is 0 Å². The molecule has 1 aromatic heterocycles. The van der Waals surface area contributed by atoms with Crippen LogP contribution in [0.15, 0.2) is 47.6 Å². The Morgan fingerprint density at radius 2 is 1.93 bits per heavy atom. The number of guanidine groups is 1. The number of likely N-dealkylation sites (tertiary alicyclic amines) is 1. The maximum absolute atomic E-state index is 12.9. The van der Waals surface area contributed by atoms with Gasteiger partial charge in [-0.1, -0.05) is 6.07 Å². The smallest absolute Gasteiger partial charge is 0.219 e. The number of ether oxygens (including phenoxy) is 2. The molecular weight excluding hydrogens is 486 g/mol. The number of pyridine rings is 1. The second-order valence-electron chi connectivity index (χ2n) is 6.60. The van der Waals surface area contributed by atoms with Crippen molar-refractivity contribution in [1.82, 2.24) is 15.2 Å². The molecule has 0 saturated carbocycles. The molecule has 2 aromatic rings. The van der Waals surface area contributed by atoms with Gasteiger partial charge in [0.05, 0.1) is 6.10 Å². The second-order valence-corrected chi connectivity index (χ2v) is 6.60. The van der Waals surface area contributed by atoms with Crippen LogP contribution in [0.4, 0.5) is 4.39 Å². The van der Waals surface area contributed by atoms with E-state index in [1.165, 1.54) is 12.1 Å². The van der Waals surface area contributed by atoms with Crippen LogP contribution < -0.4 is 10.1 Å². The van der Waals surface area contributed by atoms with Gasteiger partial charge in [0, 0.05) is 45.6 Å². The molecule has 1 fully saturated rings. The van der Waals surface area contributed by atoms with E-state index in [2.05, 4.69) is 20.2 Å². The Bertz CT molecular complexity index is 763. The van der Waals surface area contributed by atoms with Crippen LogP contribution in [-0.4, -0.2) is 48.7 Å². The Kier molecular flexibility index (Phi) is 9.59. The Hall–Kier alpha value is -1.94. The molecule has 29 heavy (non-hydrogen) atoms. The van der Waals surface area contributed by atoms with Gasteiger partial charge in [0.15, 0.2) is 5.96 Å². The average molecular weight is 514 g/mol. The molecule has 1 saturated heterocycles. The minimum atomic E-state index is -0.294. The molecule has 158 valence electrons. The van der Waals surface area contributed by atoms with Gasteiger partial charge in [-0.3, -0.25) is 4.99 Å². The molecule has 0 radical (unpaired) electrons. The second kappa shape index (κ2) is 11.9. The van der Waals surface area contributed by atoms with Gasteiger partial charge in [-0.25, -0.2) is 9.37 Å². The molecule has 3 rings (SSSR count). The maximum Gasteiger partial charge on any atom is 0.219 e. The number of hydrogen-bond donors (Lipinski definition) is 1. The Labute approximate surface area is 188 Å². The molecule has 8 heteroatoms. The third-order valence-electron chi connectivity index (χ3n) is 4.64. The number of aliphatic imine (C=N–C) groups is 1. The highest BCUT2D eigenvalue weighted by Crippen LogP contribution is 2.19. The van der Waals surface area contributed by atoms with Crippen molar-refractivity contribution in [2.24, 2.45) is 4.99 Å². The summed E-state index contributed by atoms with van der Waals surface area (Å²) in [7, 11) is 1.80. The topological polar surface area (TPSA) is 59.0 Å². The number of hydrogen-bond acceptors (Lipinski definition) is 4. The van der Waals surface area contributed by atoms with Crippen LogP contribution in [0, 0.1) is 5.82 Å². The summed E-state index contributed by atoms with van der Waals surface area (Å²) in [5, 5.41) is 3.39. The molecule has 1 aromatic carbocycles. The average Bonchev–Trinajstić information content (AvgIpc) is 2.73.